The molecule has 0 saturated heterocycles. The zero-order valence-corrected chi connectivity index (χ0v) is 14.2. The van der Waals surface area contributed by atoms with E-state index in [1.807, 2.05) is 11.6 Å². The molecule has 1 heterocycles. The summed E-state index contributed by atoms with van der Waals surface area (Å²) in [6.07, 6.45) is 2.99. The van der Waals surface area contributed by atoms with E-state index in [4.69, 9.17) is 0 Å². The van der Waals surface area contributed by atoms with Crippen LogP contribution in [-0.2, 0) is 0 Å². The summed E-state index contributed by atoms with van der Waals surface area (Å²) >= 11 is 7.05. The van der Waals surface area contributed by atoms with Crippen molar-refractivity contribution in [2.45, 2.75) is 35.5 Å². The maximum atomic E-state index is 4.29. The van der Waals surface area contributed by atoms with Crippen molar-refractivity contribution in [1.29, 1.82) is 0 Å². The Morgan fingerprint density at radius 1 is 1.47 bits per heavy atom. The first-order valence-electron chi connectivity index (χ1n) is 6.31. The molecule has 102 valence electrons. The van der Waals surface area contributed by atoms with E-state index in [2.05, 4.69) is 58.3 Å². The molecular formula is C14H17BrN2S2. The van der Waals surface area contributed by atoms with Gasteiger partial charge in [0.1, 0.15) is 0 Å². The van der Waals surface area contributed by atoms with E-state index >= 15 is 0 Å². The van der Waals surface area contributed by atoms with E-state index in [0.29, 0.717) is 6.04 Å². The van der Waals surface area contributed by atoms with Crippen molar-refractivity contribution < 1.29 is 0 Å². The van der Waals surface area contributed by atoms with Crippen LogP contribution in [0.4, 0.5) is 0 Å². The first kappa shape index (κ1) is 15.0. The Balaban J connectivity index is 2.08. The average Bonchev–Trinajstić information content (AvgIpc) is 2.89. The zero-order chi connectivity index (χ0) is 13.7. The van der Waals surface area contributed by atoms with Gasteiger partial charge in [-0.15, -0.1) is 11.3 Å². The molecule has 0 radical (unpaired) electrons. The molecule has 0 aliphatic rings. The van der Waals surface area contributed by atoms with Gasteiger partial charge in [-0.25, -0.2) is 4.98 Å². The highest BCUT2D eigenvalue weighted by molar-refractivity contribution is 9.10. The van der Waals surface area contributed by atoms with Crippen LogP contribution >= 0.6 is 39.0 Å². The van der Waals surface area contributed by atoms with Crippen molar-refractivity contribution in [2.75, 3.05) is 6.54 Å². The van der Waals surface area contributed by atoms with Crippen LogP contribution < -0.4 is 5.32 Å². The molecule has 0 aliphatic carbocycles. The number of aromatic nitrogens is 1. The van der Waals surface area contributed by atoms with E-state index in [1.54, 1.807) is 23.1 Å². The van der Waals surface area contributed by atoms with E-state index < -0.39 is 0 Å². The van der Waals surface area contributed by atoms with E-state index in [0.717, 1.165) is 21.8 Å². The molecular weight excluding hydrogens is 340 g/mol. The van der Waals surface area contributed by atoms with Crippen molar-refractivity contribution >= 4 is 39.0 Å². The number of nitrogens with zero attached hydrogens (tertiary/aromatic N) is 1. The molecule has 0 aliphatic heterocycles. The highest BCUT2D eigenvalue weighted by Crippen LogP contribution is 2.33. The Bertz CT molecular complexity index is 514. The number of thiazole rings is 1. The van der Waals surface area contributed by atoms with Crippen LogP contribution in [0.5, 0.6) is 0 Å². The summed E-state index contributed by atoms with van der Waals surface area (Å²) in [5.74, 6) is 0. The Morgan fingerprint density at radius 3 is 2.95 bits per heavy atom. The van der Waals surface area contributed by atoms with Gasteiger partial charge in [-0.05, 0) is 37.6 Å². The fraction of sp³-hybridized carbons (Fsp3) is 0.357. The molecule has 5 heteroatoms. The quantitative estimate of drug-likeness (QED) is 0.777. The van der Waals surface area contributed by atoms with Gasteiger partial charge in [0, 0.05) is 27.0 Å². The largest absolute Gasteiger partial charge is 0.310 e. The van der Waals surface area contributed by atoms with Crippen molar-refractivity contribution in [3.63, 3.8) is 0 Å². The lowest BCUT2D eigenvalue weighted by Gasteiger charge is -2.16. The summed E-state index contributed by atoms with van der Waals surface area (Å²) in [5.41, 5.74) is 1.30. The van der Waals surface area contributed by atoms with Gasteiger partial charge in [-0.3, -0.25) is 0 Å². The molecule has 1 unspecified atom stereocenters. The summed E-state index contributed by atoms with van der Waals surface area (Å²) < 4.78 is 2.24. The van der Waals surface area contributed by atoms with Crippen LogP contribution in [0, 0.1) is 0 Å². The number of hydrogen-bond acceptors (Lipinski definition) is 4. The van der Waals surface area contributed by atoms with Gasteiger partial charge in [-0.1, -0.05) is 40.7 Å². The fourth-order valence-electron chi connectivity index (χ4n) is 1.75. The van der Waals surface area contributed by atoms with Crippen LogP contribution in [-0.4, -0.2) is 11.5 Å². The molecule has 1 atom stereocenters. The Morgan fingerprint density at radius 2 is 2.32 bits per heavy atom. The van der Waals surface area contributed by atoms with E-state index in [9.17, 15) is 0 Å². The van der Waals surface area contributed by atoms with Crippen LogP contribution in [0.15, 0.2) is 43.5 Å². The van der Waals surface area contributed by atoms with Crippen molar-refractivity contribution in [2.24, 2.45) is 0 Å². The molecule has 1 aromatic heterocycles. The molecule has 2 aromatic rings. The Kier molecular flexibility index (Phi) is 5.88. The minimum absolute atomic E-state index is 0.369. The van der Waals surface area contributed by atoms with Crippen molar-refractivity contribution in [1.82, 2.24) is 10.3 Å². The number of benzene rings is 1. The van der Waals surface area contributed by atoms with Gasteiger partial charge in [0.2, 0.25) is 0 Å². The second-order valence-corrected chi connectivity index (χ2v) is 7.33. The topological polar surface area (TPSA) is 24.9 Å². The molecule has 2 nitrogen and oxygen atoms in total. The third-order valence-corrected chi connectivity index (χ3v) is 5.31. The second-order valence-electron chi connectivity index (χ2n) is 4.26. The van der Waals surface area contributed by atoms with Gasteiger partial charge in [0.25, 0.3) is 0 Å². The summed E-state index contributed by atoms with van der Waals surface area (Å²) in [6, 6.07) is 6.89. The van der Waals surface area contributed by atoms with E-state index in [-0.39, 0.29) is 0 Å². The van der Waals surface area contributed by atoms with Crippen LogP contribution in [0.25, 0.3) is 0 Å². The average molecular weight is 357 g/mol. The minimum atomic E-state index is 0.369. The molecule has 0 amide bonds. The zero-order valence-electron chi connectivity index (χ0n) is 11.0. The lowest BCUT2D eigenvalue weighted by Crippen LogP contribution is -2.19. The second kappa shape index (κ2) is 7.43. The predicted molar refractivity (Wildman–Crippen MR) is 87.1 cm³/mol. The van der Waals surface area contributed by atoms with Gasteiger partial charge in [-0.2, -0.15) is 0 Å². The molecule has 19 heavy (non-hydrogen) atoms. The Hall–Kier alpha value is -0.360. The maximum Gasteiger partial charge on any atom is 0.154 e. The monoisotopic (exact) mass is 356 g/mol. The standard InChI is InChI=1S/C14H17BrN2S2/c1-3-6-16-10(2)12-5-4-11(9-13(12)15)19-14-17-7-8-18-14/h4-5,7-10,16H,3,6H2,1-2H3. The lowest BCUT2D eigenvalue weighted by molar-refractivity contribution is 0.568. The number of rotatable bonds is 6. The Labute approximate surface area is 131 Å². The third-order valence-electron chi connectivity index (χ3n) is 2.75. The smallest absolute Gasteiger partial charge is 0.154 e. The minimum Gasteiger partial charge on any atom is -0.310 e. The normalized spacial score (nSPS) is 12.6. The summed E-state index contributed by atoms with van der Waals surface area (Å²) in [4.78, 5) is 5.51. The number of halogens is 1. The van der Waals surface area contributed by atoms with Crippen molar-refractivity contribution in [3.8, 4) is 0 Å². The van der Waals surface area contributed by atoms with E-state index in [1.165, 1.54) is 10.5 Å². The van der Waals surface area contributed by atoms with Gasteiger partial charge in [0.15, 0.2) is 4.34 Å². The highest BCUT2D eigenvalue weighted by Gasteiger charge is 2.10. The van der Waals surface area contributed by atoms with Gasteiger partial charge in [0.05, 0.1) is 0 Å². The molecule has 2 rings (SSSR count). The first-order chi connectivity index (χ1) is 9.20. The SMILES string of the molecule is CCCNC(C)c1ccc(Sc2nccs2)cc1Br. The van der Waals surface area contributed by atoms with Gasteiger partial charge < -0.3 is 5.32 Å². The van der Waals surface area contributed by atoms with Crippen molar-refractivity contribution in [3.05, 3.63) is 39.8 Å². The molecule has 0 bridgehead atoms. The molecule has 0 fully saturated rings. The lowest BCUT2D eigenvalue weighted by atomic mass is 10.1. The first-order valence-corrected chi connectivity index (χ1v) is 8.79. The number of nitrogens with one attached hydrogen (secondary N) is 1. The fourth-order valence-corrected chi connectivity index (χ4v) is 4.26. The van der Waals surface area contributed by atoms with Crippen LogP contribution in [0.2, 0.25) is 0 Å². The number of hydrogen-bond donors (Lipinski definition) is 1. The van der Waals surface area contributed by atoms with Crippen LogP contribution in [0.1, 0.15) is 31.9 Å². The predicted octanol–water partition coefficient (Wildman–Crippen LogP) is 5.12. The summed E-state index contributed by atoms with van der Waals surface area (Å²) in [7, 11) is 0. The molecule has 1 N–H and O–H groups in total. The van der Waals surface area contributed by atoms with Crippen LogP contribution in [0.3, 0.4) is 0 Å². The molecule has 0 spiro atoms. The van der Waals surface area contributed by atoms with Gasteiger partial charge >= 0.3 is 0 Å². The molecule has 0 saturated carbocycles. The summed E-state index contributed by atoms with van der Waals surface area (Å²) in [5, 5.41) is 5.51. The highest BCUT2D eigenvalue weighted by atomic mass is 79.9. The summed E-state index contributed by atoms with van der Waals surface area (Å²) in [6.45, 7) is 5.43. The third kappa shape index (κ3) is 4.31. The maximum absolute atomic E-state index is 4.29. The molecule has 1 aromatic carbocycles.